The van der Waals surface area contributed by atoms with Gasteiger partial charge in [-0.3, -0.25) is 4.90 Å². The molecule has 0 aromatic carbocycles. The summed E-state index contributed by atoms with van der Waals surface area (Å²) in [5.41, 5.74) is -0.421. The lowest BCUT2D eigenvalue weighted by molar-refractivity contribution is 0.0445. The summed E-state index contributed by atoms with van der Waals surface area (Å²) in [6.07, 6.45) is 4.31. The van der Waals surface area contributed by atoms with Crippen molar-refractivity contribution in [2.24, 2.45) is 0 Å². The fourth-order valence-electron chi connectivity index (χ4n) is 3.29. The number of ether oxygens (including phenoxy) is 1. The van der Waals surface area contributed by atoms with Gasteiger partial charge in [0.2, 0.25) is 0 Å². The van der Waals surface area contributed by atoms with Gasteiger partial charge in [0.15, 0.2) is 0 Å². The highest BCUT2D eigenvalue weighted by molar-refractivity contribution is 5.68. The molecular formula is C16H31N3O2. The molecule has 0 unspecified atom stereocenters. The molecule has 2 rings (SSSR count). The van der Waals surface area contributed by atoms with Crippen LogP contribution in [0.15, 0.2) is 0 Å². The van der Waals surface area contributed by atoms with Gasteiger partial charge in [0.25, 0.3) is 0 Å². The number of carbonyl (C=O) groups excluding carboxylic acids is 1. The molecule has 1 N–H and O–H groups in total. The molecule has 1 aliphatic heterocycles. The van der Waals surface area contributed by atoms with Crippen LogP contribution in [-0.4, -0.2) is 66.8 Å². The van der Waals surface area contributed by atoms with Crippen LogP contribution >= 0.6 is 0 Å². The van der Waals surface area contributed by atoms with Crippen molar-refractivity contribution in [1.29, 1.82) is 0 Å². The molecule has 2 fully saturated rings. The second-order valence-corrected chi connectivity index (χ2v) is 7.50. The lowest BCUT2D eigenvalue weighted by Gasteiger charge is -2.41. The van der Waals surface area contributed by atoms with Gasteiger partial charge < -0.3 is 15.0 Å². The zero-order chi connectivity index (χ0) is 15.5. The third-order valence-electron chi connectivity index (χ3n) is 4.42. The van der Waals surface area contributed by atoms with E-state index >= 15 is 0 Å². The molecule has 1 heterocycles. The van der Waals surface area contributed by atoms with Crippen LogP contribution < -0.4 is 5.32 Å². The van der Waals surface area contributed by atoms with Crippen LogP contribution in [0.25, 0.3) is 0 Å². The number of hydrogen-bond acceptors (Lipinski definition) is 4. The quantitative estimate of drug-likeness (QED) is 0.847. The average molecular weight is 297 g/mol. The Morgan fingerprint density at radius 3 is 2.43 bits per heavy atom. The van der Waals surface area contributed by atoms with Crippen molar-refractivity contribution < 1.29 is 9.53 Å². The van der Waals surface area contributed by atoms with E-state index in [0.717, 1.165) is 39.0 Å². The third-order valence-corrected chi connectivity index (χ3v) is 4.42. The van der Waals surface area contributed by atoms with Gasteiger partial charge in [-0.1, -0.05) is 0 Å². The minimum absolute atomic E-state index is 0.262. The maximum atomic E-state index is 11.9. The van der Waals surface area contributed by atoms with Gasteiger partial charge in [0.05, 0.1) is 0 Å². The SMILES string of the molecule is CN1CCN([C@@H]2CCC[C@H](NC(=O)OC(C)(C)C)C2)CC1. The van der Waals surface area contributed by atoms with Crippen LogP contribution in [0, 0.1) is 0 Å². The van der Waals surface area contributed by atoms with Crippen LogP contribution in [0.3, 0.4) is 0 Å². The molecule has 1 aliphatic carbocycles. The third kappa shape index (κ3) is 5.47. The maximum Gasteiger partial charge on any atom is 0.407 e. The zero-order valence-corrected chi connectivity index (χ0v) is 14.0. The first-order valence-electron chi connectivity index (χ1n) is 8.25. The summed E-state index contributed by atoms with van der Waals surface area (Å²) < 4.78 is 5.36. The van der Waals surface area contributed by atoms with E-state index in [1.54, 1.807) is 0 Å². The van der Waals surface area contributed by atoms with E-state index in [9.17, 15) is 4.79 Å². The lowest BCUT2D eigenvalue weighted by atomic mass is 9.89. The van der Waals surface area contributed by atoms with Gasteiger partial charge in [-0.25, -0.2) is 4.79 Å². The summed E-state index contributed by atoms with van der Waals surface area (Å²) in [6, 6.07) is 0.880. The predicted octanol–water partition coefficient (Wildman–Crippen LogP) is 2.07. The number of alkyl carbamates (subject to hydrolysis) is 1. The molecule has 5 heteroatoms. The maximum absolute atomic E-state index is 11.9. The summed E-state index contributed by atoms with van der Waals surface area (Å²) >= 11 is 0. The van der Waals surface area contributed by atoms with E-state index in [1.807, 2.05) is 20.8 Å². The van der Waals surface area contributed by atoms with Crippen molar-refractivity contribution in [3.63, 3.8) is 0 Å². The Morgan fingerprint density at radius 1 is 1.14 bits per heavy atom. The smallest absolute Gasteiger partial charge is 0.407 e. The van der Waals surface area contributed by atoms with Gasteiger partial charge >= 0.3 is 6.09 Å². The number of carbonyl (C=O) groups is 1. The number of piperazine rings is 1. The van der Waals surface area contributed by atoms with Gasteiger partial charge in [-0.15, -0.1) is 0 Å². The molecule has 2 aliphatic rings. The van der Waals surface area contributed by atoms with E-state index in [1.165, 1.54) is 12.8 Å². The summed E-state index contributed by atoms with van der Waals surface area (Å²) in [7, 11) is 2.19. The summed E-state index contributed by atoms with van der Waals surface area (Å²) in [5.74, 6) is 0. The van der Waals surface area contributed by atoms with Gasteiger partial charge in [-0.2, -0.15) is 0 Å². The number of rotatable bonds is 2. The Morgan fingerprint density at radius 2 is 1.81 bits per heavy atom. The molecule has 0 aromatic heterocycles. The first kappa shape index (κ1) is 16.6. The number of nitrogens with one attached hydrogen (secondary N) is 1. The summed E-state index contributed by atoms with van der Waals surface area (Å²) in [4.78, 5) is 16.9. The first-order chi connectivity index (χ1) is 9.83. The van der Waals surface area contributed by atoms with E-state index in [0.29, 0.717) is 6.04 Å². The highest BCUT2D eigenvalue weighted by Crippen LogP contribution is 2.24. The van der Waals surface area contributed by atoms with Gasteiger partial charge in [-0.05, 0) is 53.5 Å². The minimum Gasteiger partial charge on any atom is -0.444 e. The molecule has 5 nitrogen and oxygen atoms in total. The Labute approximate surface area is 129 Å². The first-order valence-corrected chi connectivity index (χ1v) is 8.25. The monoisotopic (exact) mass is 297 g/mol. The normalized spacial score (nSPS) is 29.1. The zero-order valence-electron chi connectivity index (χ0n) is 14.0. The second kappa shape index (κ2) is 6.97. The molecule has 0 spiro atoms. The van der Waals surface area contributed by atoms with E-state index in [-0.39, 0.29) is 12.1 Å². The van der Waals surface area contributed by atoms with Crippen LogP contribution in [0.5, 0.6) is 0 Å². The van der Waals surface area contributed by atoms with Crippen LogP contribution in [0.4, 0.5) is 4.79 Å². The molecular weight excluding hydrogens is 266 g/mol. The van der Waals surface area contributed by atoms with Crippen molar-refractivity contribution >= 4 is 6.09 Å². The summed E-state index contributed by atoms with van der Waals surface area (Å²) in [5, 5.41) is 3.06. The van der Waals surface area contributed by atoms with E-state index in [2.05, 4.69) is 22.2 Å². The number of hydrogen-bond donors (Lipinski definition) is 1. The molecule has 21 heavy (non-hydrogen) atoms. The molecule has 1 saturated heterocycles. The molecule has 1 amide bonds. The molecule has 0 aromatic rings. The fourth-order valence-corrected chi connectivity index (χ4v) is 3.29. The lowest BCUT2D eigenvalue weighted by Crippen LogP contribution is -2.52. The van der Waals surface area contributed by atoms with Crippen molar-refractivity contribution in [3.8, 4) is 0 Å². The Kier molecular flexibility index (Phi) is 5.49. The Hall–Kier alpha value is -0.810. The van der Waals surface area contributed by atoms with Crippen molar-refractivity contribution in [2.45, 2.75) is 64.1 Å². The minimum atomic E-state index is -0.421. The van der Waals surface area contributed by atoms with Crippen LogP contribution in [-0.2, 0) is 4.74 Å². The van der Waals surface area contributed by atoms with Crippen molar-refractivity contribution in [2.75, 3.05) is 33.2 Å². The largest absolute Gasteiger partial charge is 0.444 e. The van der Waals surface area contributed by atoms with Gasteiger partial charge in [0, 0.05) is 38.3 Å². The van der Waals surface area contributed by atoms with Crippen molar-refractivity contribution in [1.82, 2.24) is 15.1 Å². The summed E-state index contributed by atoms with van der Waals surface area (Å²) in [6.45, 7) is 10.3. The number of nitrogens with zero attached hydrogens (tertiary/aromatic N) is 2. The fraction of sp³-hybridized carbons (Fsp3) is 0.938. The van der Waals surface area contributed by atoms with E-state index < -0.39 is 5.60 Å². The Balaban J connectivity index is 1.79. The highest BCUT2D eigenvalue weighted by Gasteiger charge is 2.30. The van der Waals surface area contributed by atoms with E-state index in [4.69, 9.17) is 4.74 Å². The number of likely N-dealkylation sites (N-methyl/N-ethyl adjacent to an activating group) is 1. The molecule has 0 radical (unpaired) electrons. The second-order valence-electron chi connectivity index (χ2n) is 7.50. The number of amides is 1. The van der Waals surface area contributed by atoms with Gasteiger partial charge in [0.1, 0.15) is 5.60 Å². The average Bonchev–Trinajstić information content (AvgIpc) is 2.37. The molecule has 0 bridgehead atoms. The van der Waals surface area contributed by atoms with Crippen LogP contribution in [0.2, 0.25) is 0 Å². The molecule has 2 atom stereocenters. The molecule has 122 valence electrons. The van der Waals surface area contributed by atoms with Crippen molar-refractivity contribution in [3.05, 3.63) is 0 Å². The predicted molar refractivity (Wildman–Crippen MR) is 84.5 cm³/mol. The Bertz CT molecular complexity index is 346. The topological polar surface area (TPSA) is 44.8 Å². The van der Waals surface area contributed by atoms with Crippen LogP contribution in [0.1, 0.15) is 46.5 Å². The standard InChI is InChI=1S/C16H31N3O2/c1-16(2,3)21-15(20)17-13-6-5-7-14(12-13)19-10-8-18(4)9-11-19/h13-14H,5-12H2,1-4H3,(H,17,20)/t13-,14+/m0/s1. The highest BCUT2D eigenvalue weighted by atomic mass is 16.6. The molecule has 1 saturated carbocycles.